The molecule has 2 aliphatic rings. The number of piperazine rings is 1. The Labute approximate surface area is 183 Å². The number of fused-ring (bicyclic) bond motifs is 1. The van der Waals surface area contributed by atoms with Crippen molar-refractivity contribution >= 4 is 33.2 Å². The first-order valence-corrected chi connectivity index (χ1v) is 12.4. The van der Waals surface area contributed by atoms with E-state index >= 15 is 0 Å². The minimum Gasteiger partial charge on any atom is -0.336 e. The molecule has 1 amide bonds. The quantitative estimate of drug-likeness (QED) is 0.722. The summed E-state index contributed by atoms with van der Waals surface area (Å²) in [6.45, 7) is 5.45. The summed E-state index contributed by atoms with van der Waals surface area (Å²) in [4.78, 5) is 17.3. The van der Waals surface area contributed by atoms with Gasteiger partial charge in [0.1, 0.15) is 0 Å². The van der Waals surface area contributed by atoms with Gasteiger partial charge in [-0.25, -0.2) is 8.42 Å². The van der Waals surface area contributed by atoms with Crippen LogP contribution in [-0.2, 0) is 16.4 Å². The summed E-state index contributed by atoms with van der Waals surface area (Å²) in [7, 11) is -3.29. The molecule has 2 aromatic carbocycles. The number of hydrogen-bond acceptors (Lipinski definition) is 4. The number of carbonyl (C=O) groups is 1. The Morgan fingerprint density at radius 3 is 2.40 bits per heavy atom. The monoisotopic (exact) mass is 447 g/mol. The van der Waals surface area contributed by atoms with Crippen LogP contribution in [-0.4, -0.2) is 63.1 Å². The van der Waals surface area contributed by atoms with Crippen LogP contribution >= 0.6 is 11.6 Å². The Bertz CT molecular complexity index is 1070. The van der Waals surface area contributed by atoms with Gasteiger partial charge in [0.05, 0.1) is 11.9 Å². The third kappa shape index (κ3) is 4.06. The number of sulfonamides is 1. The number of hydrogen-bond donors (Lipinski definition) is 0. The van der Waals surface area contributed by atoms with Gasteiger partial charge in [-0.2, -0.15) is 0 Å². The highest BCUT2D eigenvalue weighted by Crippen LogP contribution is 2.31. The van der Waals surface area contributed by atoms with Crippen LogP contribution < -0.4 is 4.31 Å². The molecular weight excluding hydrogens is 422 g/mol. The van der Waals surface area contributed by atoms with E-state index in [0.717, 1.165) is 29.2 Å². The molecule has 2 heterocycles. The van der Waals surface area contributed by atoms with Gasteiger partial charge >= 0.3 is 0 Å². The van der Waals surface area contributed by atoms with Gasteiger partial charge in [-0.05, 0) is 48.7 Å². The summed E-state index contributed by atoms with van der Waals surface area (Å²) in [5.74, 6) is 0.000604. The number of carbonyl (C=O) groups excluding carboxylic acids is 1. The molecule has 0 radical (unpaired) electrons. The van der Waals surface area contributed by atoms with Gasteiger partial charge in [-0.3, -0.25) is 14.0 Å². The fourth-order valence-electron chi connectivity index (χ4n) is 4.35. The predicted octanol–water partition coefficient (Wildman–Crippen LogP) is 3.18. The fraction of sp³-hybridized carbons (Fsp3) is 0.409. The molecule has 1 saturated heterocycles. The van der Waals surface area contributed by atoms with Gasteiger partial charge < -0.3 is 4.90 Å². The zero-order chi connectivity index (χ0) is 21.5. The van der Waals surface area contributed by atoms with Crippen molar-refractivity contribution in [3.8, 4) is 0 Å². The Kier molecular flexibility index (Phi) is 5.79. The van der Waals surface area contributed by atoms with Crippen molar-refractivity contribution in [1.29, 1.82) is 0 Å². The number of halogens is 1. The van der Waals surface area contributed by atoms with Gasteiger partial charge in [0, 0.05) is 49.4 Å². The molecule has 4 rings (SSSR count). The number of amides is 1. The van der Waals surface area contributed by atoms with Crippen LogP contribution in [0.4, 0.5) is 5.69 Å². The molecule has 1 atom stereocenters. The SMILES string of the molecule is CC(c1ccccc1Cl)N1CCN(C(=O)c2ccc3c(c2)CCN3S(C)(=O)=O)CC1. The molecule has 0 N–H and O–H groups in total. The minimum atomic E-state index is -3.29. The summed E-state index contributed by atoms with van der Waals surface area (Å²) in [5, 5.41) is 0.768. The largest absolute Gasteiger partial charge is 0.336 e. The summed E-state index contributed by atoms with van der Waals surface area (Å²) in [6, 6.07) is 13.4. The molecular formula is C22H26ClN3O3S. The Hall–Kier alpha value is -2.09. The van der Waals surface area contributed by atoms with Crippen molar-refractivity contribution in [2.75, 3.05) is 43.3 Å². The van der Waals surface area contributed by atoms with Crippen molar-refractivity contribution in [3.05, 3.63) is 64.2 Å². The summed E-state index contributed by atoms with van der Waals surface area (Å²) >= 11 is 6.35. The summed E-state index contributed by atoms with van der Waals surface area (Å²) in [6.07, 6.45) is 1.84. The van der Waals surface area contributed by atoms with Gasteiger partial charge in [-0.1, -0.05) is 29.8 Å². The molecule has 0 saturated carbocycles. The Morgan fingerprint density at radius 1 is 1.03 bits per heavy atom. The van der Waals surface area contributed by atoms with E-state index in [-0.39, 0.29) is 11.9 Å². The molecule has 2 aromatic rings. The number of benzene rings is 2. The van der Waals surface area contributed by atoms with E-state index in [1.54, 1.807) is 12.1 Å². The van der Waals surface area contributed by atoms with E-state index in [1.807, 2.05) is 29.2 Å². The molecule has 0 bridgehead atoms. The van der Waals surface area contributed by atoms with Crippen LogP contribution in [0.3, 0.4) is 0 Å². The zero-order valence-electron chi connectivity index (χ0n) is 17.2. The van der Waals surface area contributed by atoms with Crippen molar-refractivity contribution in [1.82, 2.24) is 9.80 Å². The van der Waals surface area contributed by atoms with E-state index in [4.69, 9.17) is 11.6 Å². The zero-order valence-corrected chi connectivity index (χ0v) is 18.8. The van der Waals surface area contributed by atoms with Gasteiger partial charge in [0.25, 0.3) is 5.91 Å². The lowest BCUT2D eigenvalue weighted by Gasteiger charge is -2.38. The number of rotatable bonds is 4. The van der Waals surface area contributed by atoms with E-state index in [1.165, 1.54) is 10.6 Å². The summed E-state index contributed by atoms with van der Waals surface area (Å²) < 4.78 is 25.2. The number of anilines is 1. The maximum atomic E-state index is 13.0. The minimum absolute atomic E-state index is 0.000604. The highest BCUT2D eigenvalue weighted by Gasteiger charge is 2.29. The smallest absolute Gasteiger partial charge is 0.253 e. The third-order valence-electron chi connectivity index (χ3n) is 6.08. The van der Waals surface area contributed by atoms with Crippen LogP contribution in [0.1, 0.15) is 34.5 Å². The Morgan fingerprint density at radius 2 is 1.73 bits per heavy atom. The summed E-state index contributed by atoms with van der Waals surface area (Å²) in [5.41, 5.74) is 3.33. The van der Waals surface area contributed by atoms with Crippen molar-refractivity contribution in [2.24, 2.45) is 0 Å². The maximum absolute atomic E-state index is 13.0. The second-order valence-electron chi connectivity index (χ2n) is 7.95. The van der Waals surface area contributed by atoms with Gasteiger partial charge in [0.2, 0.25) is 10.0 Å². The van der Waals surface area contributed by atoms with E-state index in [9.17, 15) is 13.2 Å². The van der Waals surface area contributed by atoms with E-state index in [0.29, 0.717) is 37.3 Å². The molecule has 0 aromatic heterocycles. The molecule has 30 heavy (non-hydrogen) atoms. The van der Waals surface area contributed by atoms with E-state index in [2.05, 4.69) is 17.9 Å². The standard InChI is InChI=1S/C22H26ClN3O3S/c1-16(19-5-3-4-6-20(19)23)24-11-13-25(14-12-24)22(27)18-7-8-21-17(15-18)9-10-26(21)30(2,28)29/h3-8,15-16H,9-14H2,1-2H3. The van der Waals surface area contributed by atoms with Crippen LogP contribution in [0.2, 0.25) is 5.02 Å². The molecule has 6 nitrogen and oxygen atoms in total. The molecule has 0 aliphatic carbocycles. The fourth-order valence-corrected chi connectivity index (χ4v) is 5.61. The first kappa shape index (κ1) is 21.2. The van der Waals surface area contributed by atoms with Gasteiger partial charge in [0.15, 0.2) is 0 Å². The Balaban J connectivity index is 1.42. The highest BCUT2D eigenvalue weighted by molar-refractivity contribution is 7.92. The van der Waals surface area contributed by atoms with Crippen LogP contribution in [0.5, 0.6) is 0 Å². The molecule has 0 spiro atoms. The average Bonchev–Trinajstić information content (AvgIpc) is 3.17. The normalized spacial score (nSPS) is 18.4. The molecule has 160 valence electrons. The average molecular weight is 448 g/mol. The lowest BCUT2D eigenvalue weighted by molar-refractivity contribution is 0.0582. The topological polar surface area (TPSA) is 60.9 Å². The molecule has 1 fully saturated rings. The van der Waals surface area contributed by atoms with Crippen LogP contribution in [0.15, 0.2) is 42.5 Å². The lowest BCUT2D eigenvalue weighted by Crippen LogP contribution is -2.49. The first-order chi connectivity index (χ1) is 14.3. The molecule has 1 unspecified atom stereocenters. The second-order valence-corrected chi connectivity index (χ2v) is 10.3. The first-order valence-electron chi connectivity index (χ1n) is 10.1. The molecule has 8 heteroatoms. The predicted molar refractivity (Wildman–Crippen MR) is 120 cm³/mol. The van der Waals surface area contributed by atoms with Crippen LogP contribution in [0.25, 0.3) is 0 Å². The van der Waals surface area contributed by atoms with Gasteiger partial charge in [-0.15, -0.1) is 0 Å². The lowest BCUT2D eigenvalue weighted by atomic mass is 10.0. The maximum Gasteiger partial charge on any atom is 0.253 e. The third-order valence-corrected chi connectivity index (χ3v) is 7.61. The van der Waals surface area contributed by atoms with Crippen LogP contribution in [0, 0.1) is 0 Å². The number of nitrogens with zero attached hydrogens (tertiary/aromatic N) is 3. The van der Waals surface area contributed by atoms with Crippen molar-refractivity contribution in [3.63, 3.8) is 0 Å². The van der Waals surface area contributed by atoms with Crippen molar-refractivity contribution < 1.29 is 13.2 Å². The van der Waals surface area contributed by atoms with Crippen molar-refractivity contribution in [2.45, 2.75) is 19.4 Å². The molecule has 2 aliphatic heterocycles. The van der Waals surface area contributed by atoms with E-state index < -0.39 is 10.0 Å². The highest BCUT2D eigenvalue weighted by atomic mass is 35.5. The second kappa shape index (κ2) is 8.21.